The third-order valence-corrected chi connectivity index (χ3v) is 2.03. The molecule has 0 unspecified atom stereocenters. The summed E-state index contributed by atoms with van der Waals surface area (Å²) in [5.41, 5.74) is -0.263. The summed E-state index contributed by atoms with van der Waals surface area (Å²) in [6, 6.07) is 0.993. The van der Waals surface area contributed by atoms with Crippen molar-refractivity contribution in [2.75, 3.05) is 0 Å². The molecule has 84 valence electrons. The summed E-state index contributed by atoms with van der Waals surface area (Å²) in [7, 11) is 1.09. The van der Waals surface area contributed by atoms with Gasteiger partial charge in [-0.05, 0) is 47.6 Å². The molecular weight excluding hydrogens is 192 g/mol. The second kappa shape index (κ2) is 4.87. The molecule has 0 amide bonds. The van der Waals surface area contributed by atoms with Gasteiger partial charge < -0.3 is 9.47 Å². The number of allylic oxidation sites excluding steroid dienone is 1. The summed E-state index contributed by atoms with van der Waals surface area (Å²) in [6.45, 7) is 12.3. The molecule has 0 heterocycles. The third-order valence-electron chi connectivity index (χ3n) is 1.33. The van der Waals surface area contributed by atoms with Gasteiger partial charge in [-0.15, -0.1) is 0 Å². The first kappa shape index (κ1) is 13.6. The fourth-order valence-corrected chi connectivity index (χ4v) is 1.13. The number of ether oxygens (including phenoxy) is 2. The SMILES string of the molecule is CC(C)(C)OC=C(C[SiH3])OC(C)(C)C. The molecule has 14 heavy (non-hydrogen) atoms. The smallest absolute Gasteiger partial charge is 0.128 e. The van der Waals surface area contributed by atoms with Gasteiger partial charge >= 0.3 is 0 Å². The van der Waals surface area contributed by atoms with E-state index in [2.05, 4.69) is 20.8 Å². The van der Waals surface area contributed by atoms with Crippen LogP contribution in [0.2, 0.25) is 6.04 Å². The summed E-state index contributed by atoms with van der Waals surface area (Å²) < 4.78 is 11.3. The summed E-state index contributed by atoms with van der Waals surface area (Å²) in [5, 5.41) is 0. The summed E-state index contributed by atoms with van der Waals surface area (Å²) >= 11 is 0. The third kappa shape index (κ3) is 8.17. The Bertz CT molecular complexity index is 196. The van der Waals surface area contributed by atoms with E-state index in [9.17, 15) is 0 Å². The molecule has 3 heteroatoms. The van der Waals surface area contributed by atoms with Gasteiger partial charge in [0, 0.05) is 10.2 Å². The quantitative estimate of drug-likeness (QED) is 0.532. The molecule has 2 nitrogen and oxygen atoms in total. The molecule has 0 aromatic carbocycles. The molecule has 0 N–H and O–H groups in total. The van der Waals surface area contributed by atoms with E-state index in [1.807, 2.05) is 20.8 Å². The van der Waals surface area contributed by atoms with Crippen molar-refractivity contribution >= 4 is 10.2 Å². The van der Waals surface area contributed by atoms with Gasteiger partial charge in [0.05, 0.1) is 5.60 Å². The van der Waals surface area contributed by atoms with Crippen LogP contribution < -0.4 is 0 Å². The maximum Gasteiger partial charge on any atom is 0.128 e. The fourth-order valence-electron chi connectivity index (χ4n) is 0.815. The Morgan fingerprint density at radius 1 is 1.07 bits per heavy atom. The normalized spacial score (nSPS) is 14.3. The lowest BCUT2D eigenvalue weighted by Crippen LogP contribution is -2.20. The molecule has 0 aromatic heterocycles. The van der Waals surface area contributed by atoms with Crippen LogP contribution in [0.25, 0.3) is 0 Å². The molecular formula is C11H24O2Si. The van der Waals surface area contributed by atoms with Crippen molar-refractivity contribution in [3.05, 3.63) is 12.0 Å². The van der Waals surface area contributed by atoms with Crippen molar-refractivity contribution in [2.45, 2.75) is 58.8 Å². The van der Waals surface area contributed by atoms with Crippen molar-refractivity contribution in [3.63, 3.8) is 0 Å². The van der Waals surface area contributed by atoms with Crippen LogP contribution in [0.1, 0.15) is 41.5 Å². The molecule has 0 aromatic rings. The molecule has 0 saturated carbocycles. The minimum Gasteiger partial charge on any atom is -0.492 e. The van der Waals surface area contributed by atoms with Crippen molar-refractivity contribution in [1.82, 2.24) is 0 Å². The molecule has 0 spiro atoms. The zero-order valence-electron chi connectivity index (χ0n) is 10.6. The fraction of sp³-hybridized carbons (Fsp3) is 0.818. The average Bonchev–Trinajstić information content (AvgIpc) is 1.94. The molecule has 0 atom stereocenters. The topological polar surface area (TPSA) is 18.5 Å². The van der Waals surface area contributed by atoms with Gasteiger partial charge in [-0.3, -0.25) is 0 Å². The van der Waals surface area contributed by atoms with Crippen LogP contribution in [0.5, 0.6) is 0 Å². The highest BCUT2D eigenvalue weighted by molar-refractivity contribution is 6.10. The lowest BCUT2D eigenvalue weighted by molar-refractivity contribution is 0.0256. The lowest BCUT2D eigenvalue weighted by atomic mass is 10.2. The van der Waals surface area contributed by atoms with Gasteiger partial charge in [-0.2, -0.15) is 0 Å². The van der Waals surface area contributed by atoms with E-state index in [1.165, 1.54) is 0 Å². The van der Waals surface area contributed by atoms with Gasteiger partial charge in [0.15, 0.2) is 0 Å². The van der Waals surface area contributed by atoms with E-state index in [4.69, 9.17) is 9.47 Å². The van der Waals surface area contributed by atoms with Gasteiger partial charge in [-0.1, -0.05) is 0 Å². The van der Waals surface area contributed by atoms with E-state index in [-0.39, 0.29) is 11.2 Å². The molecule has 0 fully saturated rings. The van der Waals surface area contributed by atoms with Gasteiger partial charge in [0.25, 0.3) is 0 Å². The predicted octanol–water partition coefficient (Wildman–Crippen LogP) is 2.24. The molecule has 0 saturated heterocycles. The van der Waals surface area contributed by atoms with Crippen LogP contribution in [-0.2, 0) is 9.47 Å². The van der Waals surface area contributed by atoms with Crippen LogP contribution in [0.15, 0.2) is 12.0 Å². The van der Waals surface area contributed by atoms with Crippen molar-refractivity contribution < 1.29 is 9.47 Å². The van der Waals surface area contributed by atoms with Crippen LogP contribution in [0, 0.1) is 0 Å². The van der Waals surface area contributed by atoms with Crippen molar-refractivity contribution in [3.8, 4) is 0 Å². The maximum absolute atomic E-state index is 5.75. The molecule has 0 rings (SSSR count). The number of hydrogen-bond acceptors (Lipinski definition) is 2. The van der Waals surface area contributed by atoms with Gasteiger partial charge in [-0.25, -0.2) is 0 Å². The van der Waals surface area contributed by atoms with Crippen molar-refractivity contribution in [1.29, 1.82) is 0 Å². The highest BCUT2D eigenvalue weighted by atomic mass is 28.1. The zero-order chi connectivity index (χ0) is 11.4. The Balaban J connectivity index is 4.28. The zero-order valence-corrected chi connectivity index (χ0v) is 12.6. The highest BCUT2D eigenvalue weighted by Crippen LogP contribution is 2.17. The van der Waals surface area contributed by atoms with E-state index in [1.54, 1.807) is 6.26 Å². The lowest BCUT2D eigenvalue weighted by Gasteiger charge is -2.24. The summed E-state index contributed by atoms with van der Waals surface area (Å²) in [6.07, 6.45) is 1.76. The molecule has 0 aliphatic heterocycles. The Hall–Kier alpha value is -0.443. The minimum atomic E-state index is -0.136. The van der Waals surface area contributed by atoms with E-state index in [0.29, 0.717) is 0 Å². The monoisotopic (exact) mass is 216 g/mol. The first-order valence-corrected chi connectivity index (χ1v) is 6.61. The van der Waals surface area contributed by atoms with Gasteiger partial charge in [0.1, 0.15) is 17.6 Å². The van der Waals surface area contributed by atoms with Crippen LogP contribution in [0.4, 0.5) is 0 Å². The van der Waals surface area contributed by atoms with Gasteiger partial charge in [0.2, 0.25) is 0 Å². The molecule has 0 bridgehead atoms. The van der Waals surface area contributed by atoms with Crippen molar-refractivity contribution in [2.24, 2.45) is 0 Å². The van der Waals surface area contributed by atoms with Crippen LogP contribution >= 0.6 is 0 Å². The minimum absolute atomic E-state index is 0.127. The number of hydrogen-bond donors (Lipinski definition) is 0. The van der Waals surface area contributed by atoms with E-state index >= 15 is 0 Å². The highest BCUT2D eigenvalue weighted by Gasteiger charge is 2.14. The standard InChI is InChI=1S/C11H24O2Si/c1-10(2,3)12-7-9(8-14)13-11(4,5)6/h7H,8H2,1-6,14H3. The van der Waals surface area contributed by atoms with Crippen LogP contribution in [0.3, 0.4) is 0 Å². The number of rotatable bonds is 3. The predicted molar refractivity (Wildman–Crippen MR) is 64.5 cm³/mol. The summed E-state index contributed by atoms with van der Waals surface area (Å²) in [5.74, 6) is 0.957. The first-order chi connectivity index (χ1) is 6.14. The molecule has 0 aliphatic carbocycles. The Kier molecular flexibility index (Phi) is 4.72. The Morgan fingerprint density at radius 3 is 1.86 bits per heavy atom. The van der Waals surface area contributed by atoms with E-state index in [0.717, 1.165) is 22.0 Å². The molecule has 0 radical (unpaired) electrons. The Labute approximate surface area is 91.1 Å². The largest absolute Gasteiger partial charge is 0.492 e. The first-order valence-electron chi connectivity index (χ1n) is 5.20. The Morgan fingerprint density at radius 2 is 1.57 bits per heavy atom. The second-order valence-electron chi connectivity index (χ2n) is 5.38. The second-order valence-corrected chi connectivity index (χ2v) is 6.09. The summed E-state index contributed by atoms with van der Waals surface area (Å²) in [4.78, 5) is 0. The molecule has 0 aliphatic rings. The average molecular weight is 216 g/mol. The van der Waals surface area contributed by atoms with E-state index < -0.39 is 0 Å². The maximum atomic E-state index is 5.75. The van der Waals surface area contributed by atoms with Crippen LogP contribution in [-0.4, -0.2) is 21.4 Å².